The zero-order valence-electron chi connectivity index (χ0n) is 12.4. The van der Waals surface area contributed by atoms with E-state index in [1.54, 1.807) is 0 Å². The second-order valence-corrected chi connectivity index (χ2v) is 5.00. The standard InChI is InChI=1S/C16H28N2/c1-5-7-11-18(6-2)13-16(17-4)15-10-8-9-14(3)12-15/h8-10,12,16-17H,5-7,11,13H2,1-4H3. The van der Waals surface area contributed by atoms with Gasteiger partial charge in [-0.2, -0.15) is 0 Å². The fraction of sp³-hybridized carbons (Fsp3) is 0.625. The molecule has 0 spiro atoms. The number of aryl methyl sites for hydroxylation is 1. The van der Waals surface area contributed by atoms with Gasteiger partial charge < -0.3 is 10.2 Å². The predicted molar refractivity (Wildman–Crippen MR) is 80.0 cm³/mol. The first-order valence-electron chi connectivity index (χ1n) is 7.17. The summed E-state index contributed by atoms with van der Waals surface area (Å²) in [5.74, 6) is 0. The number of nitrogens with zero attached hydrogens (tertiary/aromatic N) is 1. The van der Waals surface area contributed by atoms with Crippen molar-refractivity contribution in [3.63, 3.8) is 0 Å². The van der Waals surface area contributed by atoms with Gasteiger partial charge in [-0.25, -0.2) is 0 Å². The van der Waals surface area contributed by atoms with E-state index in [1.807, 2.05) is 0 Å². The number of rotatable bonds is 8. The summed E-state index contributed by atoms with van der Waals surface area (Å²) in [5, 5.41) is 3.45. The minimum Gasteiger partial charge on any atom is -0.312 e. The third-order valence-electron chi connectivity index (χ3n) is 3.51. The van der Waals surface area contributed by atoms with Crippen molar-refractivity contribution in [3.05, 3.63) is 35.4 Å². The van der Waals surface area contributed by atoms with Crippen LogP contribution in [0, 0.1) is 6.92 Å². The Balaban J connectivity index is 2.65. The first-order valence-corrected chi connectivity index (χ1v) is 7.17. The van der Waals surface area contributed by atoms with Crippen LogP contribution in [0.15, 0.2) is 24.3 Å². The third-order valence-corrected chi connectivity index (χ3v) is 3.51. The summed E-state index contributed by atoms with van der Waals surface area (Å²) in [7, 11) is 2.06. The molecule has 0 bridgehead atoms. The first kappa shape index (κ1) is 15.2. The van der Waals surface area contributed by atoms with Crippen molar-refractivity contribution in [1.82, 2.24) is 10.2 Å². The summed E-state index contributed by atoms with van der Waals surface area (Å²) in [5.41, 5.74) is 2.73. The number of likely N-dealkylation sites (N-methyl/N-ethyl adjacent to an activating group) is 2. The first-order chi connectivity index (χ1) is 8.71. The zero-order chi connectivity index (χ0) is 13.4. The molecule has 0 saturated heterocycles. The van der Waals surface area contributed by atoms with E-state index in [0.717, 1.165) is 13.1 Å². The summed E-state index contributed by atoms with van der Waals surface area (Å²) >= 11 is 0. The molecular weight excluding hydrogens is 220 g/mol. The van der Waals surface area contributed by atoms with Gasteiger partial charge in [0.2, 0.25) is 0 Å². The van der Waals surface area contributed by atoms with Gasteiger partial charge in [-0.3, -0.25) is 0 Å². The van der Waals surface area contributed by atoms with Crippen LogP contribution in [-0.2, 0) is 0 Å². The van der Waals surface area contributed by atoms with Crippen LogP contribution < -0.4 is 5.32 Å². The van der Waals surface area contributed by atoms with Gasteiger partial charge in [-0.05, 0) is 39.0 Å². The minimum atomic E-state index is 0.432. The SMILES string of the molecule is CCCCN(CC)CC(NC)c1cccc(C)c1. The van der Waals surface area contributed by atoms with Gasteiger partial charge in [-0.15, -0.1) is 0 Å². The molecule has 1 aromatic rings. The molecule has 0 saturated carbocycles. The molecule has 0 amide bonds. The topological polar surface area (TPSA) is 15.3 Å². The van der Waals surface area contributed by atoms with Crippen molar-refractivity contribution < 1.29 is 0 Å². The van der Waals surface area contributed by atoms with Crippen molar-refractivity contribution in [1.29, 1.82) is 0 Å². The molecule has 2 heteroatoms. The summed E-state index contributed by atoms with van der Waals surface area (Å²) in [6.45, 7) is 10.1. The lowest BCUT2D eigenvalue weighted by atomic mass is 10.0. The Morgan fingerprint density at radius 3 is 2.61 bits per heavy atom. The molecule has 1 unspecified atom stereocenters. The van der Waals surface area contributed by atoms with Gasteiger partial charge in [0.25, 0.3) is 0 Å². The average molecular weight is 248 g/mol. The van der Waals surface area contributed by atoms with E-state index >= 15 is 0 Å². The molecule has 0 aromatic heterocycles. The number of hydrogen-bond acceptors (Lipinski definition) is 2. The summed E-state index contributed by atoms with van der Waals surface area (Å²) in [6.07, 6.45) is 2.56. The van der Waals surface area contributed by atoms with E-state index in [1.165, 1.54) is 30.5 Å². The van der Waals surface area contributed by atoms with Gasteiger partial charge in [0.1, 0.15) is 0 Å². The van der Waals surface area contributed by atoms with E-state index in [0.29, 0.717) is 6.04 Å². The molecular formula is C16H28N2. The Bertz CT molecular complexity index is 336. The number of benzene rings is 1. The maximum absolute atomic E-state index is 3.45. The largest absolute Gasteiger partial charge is 0.312 e. The maximum Gasteiger partial charge on any atom is 0.0446 e. The fourth-order valence-electron chi connectivity index (χ4n) is 2.27. The molecule has 1 atom stereocenters. The van der Waals surface area contributed by atoms with Crippen molar-refractivity contribution in [2.24, 2.45) is 0 Å². The van der Waals surface area contributed by atoms with Crippen LogP contribution in [0.1, 0.15) is 43.9 Å². The summed E-state index contributed by atoms with van der Waals surface area (Å²) in [6, 6.07) is 9.25. The Morgan fingerprint density at radius 1 is 1.28 bits per heavy atom. The van der Waals surface area contributed by atoms with E-state index < -0.39 is 0 Å². The lowest BCUT2D eigenvalue weighted by molar-refractivity contribution is 0.254. The molecule has 102 valence electrons. The number of unbranched alkanes of at least 4 members (excludes halogenated alkanes) is 1. The van der Waals surface area contributed by atoms with Crippen LogP contribution in [0.3, 0.4) is 0 Å². The number of nitrogens with one attached hydrogen (secondary N) is 1. The smallest absolute Gasteiger partial charge is 0.0446 e. The van der Waals surface area contributed by atoms with Crippen LogP contribution in [0.25, 0.3) is 0 Å². The molecule has 0 radical (unpaired) electrons. The van der Waals surface area contributed by atoms with E-state index in [-0.39, 0.29) is 0 Å². The second kappa shape index (κ2) is 8.28. The van der Waals surface area contributed by atoms with E-state index in [4.69, 9.17) is 0 Å². The minimum absolute atomic E-state index is 0.432. The van der Waals surface area contributed by atoms with Crippen LogP contribution in [0.5, 0.6) is 0 Å². The van der Waals surface area contributed by atoms with Gasteiger partial charge in [-0.1, -0.05) is 50.1 Å². The third kappa shape index (κ3) is 4.79. The lowest BCUT2D eigenvalue weighted by Crippen LogP contribution is -2.34. The number of hydrogen-bond donors (Lipinski definition) is 1. The summed E-state index contributed by atoms with van der Waals surface area (Å²) < 4.78 is 0. The van der Waals surface area contributed by atoms with Crippen molar-refractivity contribution >= 4 is 0 Å². The zero-order valence-corrected chi connectivity index (χ0v) is 12.4. The van der Waals surface area contributed by atoms with Gasteiger partial charge >= 0.3 is 0 Å². The molecule has 0 aliphatic carbocycles. The molecule has 0 aliphatic heterocycles. The molecule has 0 aliphatic rings. The van der Waals surface area contributed by atoms with Crippen LogP contribution in [0.2, 0.25) is 0 Å². The van der Waals surface area contributed by atoms with Gasteiger partial charge in [0.15, 0.2) is 0 Å². The monoisotopic (exact) mass is 248 g/mol. The molecule has 1 rings (SSSR count). The Labute approximate surface area is 112 Å². The lowest BCUT2D eigenvalue weighted by Gasteiger charge is -2.26. The van der Waals surface area contributed by atoms with Crippen LogP contribution in [0.4, 0.5) is 0 Å². The average Bonchev–Trinajstić information content (AvgIpc) is 2.39. The molecule has 1 aromatic carbocycles. The van der Waals surface area contributed by atoms with Crippen molar-refractivity contribution in [3.8, 4) is 0 Å². The predicted octanol–water partition coefficient (Wildman–Crippen LogP) is 3.38. The van der Waals surface area contributed by atoms with Gasteiger partial charge in [0, 0.05) is 12.6 Å². The molecule has 0 heterocycles. The van der Waals surface area contributed by atoms with Crippen molar-refractivity contribution in [2.45, 2.75) is 39.7 Å². The Hall–Kier alpha value is -0.860. The molecule has 0 fully saturated rings. The molecule has 18 heavy (non-hydrogen) atoms. The van der Waals surface area contributed by atoms with Crippen LogP contribution in [-0.4, -0.2) is 31.6 Å². The highest BCUT2D eigenvalue weighted by Crippen LogP contribution is 2.15. The molecule has 2 nitrogen and oxygen atoms in total. The normalized spacial score (nSPS) is 12.9. The molecule has 1 N–H and O–H groups in total. The second-order valence-electron chi connectivity index (χ2n) is 5.00. The Morgan fingerprint density at radius 2 is 2.06 bits per heavy atom. The van der Waals surface area contributed by atoms with Crippen molar-refractivity contribution in [2.75, 3.05) is 26.7 Å². The highest BCUT2D eigenvalue weighted by molar-refractivity contribution is 5.25. The van der Waals surface area contributed by atoms with Crippen LogP contribution >= 0.6 is 0 Å². The summed E-state index contributed by atoms with van der Waals surface area (Å²) in [4.78, 5) is 2.53. The van der Waals surface area contributed by atoms with E-state index in [9.17, 15) is 0 Å². The maximum atomic E-state index is 3.45. The Kier molecular flexibility index (Phi) is 6.99. The quantitative estimate of drug-likeness (QED) is 0.759. The van der Waals surface area contributed by atoms with Gasteiger partial charge in [0.05, 0.1) is 0 Å². The highest BCUT2D eigenvalue weighted by Gasteiger charge is 2.13. The fourth-order valence-corrected chi connectivity index (χ4v) is 2.27. The highest BCUT2D eigenvalue weighted by atomic mass is 15.1. The van der Waals surface area contributed by atoms with E-state index in [2.05, 4.69) is 62.3 Å².